The zero-order chi connectivity index (χ0) is 39.5. The van der Waals surface area contributed by atoms with E-state index in [2.05, 4.69) is 40.3 Å². The Morgan fingerprint density at radius 1 is 0.714 bits per heavy atom. The second-order valence-electron chi connectivity index (χ2n) is 14.5. The molecule has 0 spiro atoms. The van der Waals surface area contributed by atoms with Crippen molar-refractivity contribution in [3.8, 4) is 33.8 Å². The zero-order valence-electron chi connectivity index (χ0n) is 32.0. The van der Waals surface area contributed by atoms with Crippen LogP contribution in [0, 0.1) is 5.92 Å². The lowest BCUT2D eigenvalue weighted by Gasteiger charge is -2.30. The van der Waals surface area contributed by atoms with E-state index in [0.717, 1.165) is 64.7 Å². The summed E-state index contributed by atoms with van der Waals surface area (Å²) in [6.07, 6.45) is 7.29. The number of H-pyrrole nitrogens is 2. The van der Waals surface area contributed by atoms with E-state index in [4.69, 9.17) is 9.72 Å². The number of rotatable bonds is 10. The number of fused-ring (bicyclic) bond motifs is 1. The van der Waals surface area contributed by atoms with Crippen molar-refractivity contribution >= 4 is 35.0 Å². The summed E-state index contributed by atoms with van der Waals surface area (Å²) < 4.78 is 9.40. The highest BCUT2D eigenvalue weighted by Gasteiger charge is 2.38. The van der Waals surface area contributed by atoms with Crippen LogP contribution in [0.25, 0.3) is 44.8 Å². The minimum absolute atomic E-state index is 0.113. The minimum Gasteiger partial charge on any atom is -0.453 e. The second-order valence-corrected chi connectivity index (χ2v) is 14.5. The highest BCUT2D eigenvalue weighted by atomic mass is 16.5. The van der Waals surface area contributed by atoms with Gasteiger partial charge < -0.3 is 39.9 Å². The van der Waals surface area contributed by atoms with Gasteiger partial charge >= 0.3 is 12.2 Å². The number of methoxy groups -OCH3 is 2. The number of aromatic nitrogens is 6. The molecule has 16 nitrogen and oxygen atoms in total. The molecule has 0 aliphatic carbocycles. The molecule has 0 radical (unpaired) electrons. The summed E-state index contributed by atoms with van der Waals surface area (Å²) in [5.74, 6) is 1.54. The number of carbonyl (C=O) groups excluding carboxylic acids is 4. The van der Waals surface area contributed by atoms with Crippen LogP contribution < -0.4 is 10.6 Å². The number of imidazole rings is 2. The first kappa shape index (κ1) is 38.0. The molecule has 5 heterocycles. The molecule has 56 heavy (non-hydrogen) atoms. The van der Waals surface area contributed by atoms with Crippen molar-refractivity contribution in [2.24, 2.45) is 5.92 Å². The molecule has 0 bridgehead atoms. The van der Waals surface area contributed by atoms with E-state index in [9.17, 15) is 19.2 Å². The first-order valence-electron chi connectivity index (χ1n) is 18.8. The van der Waals surface area contributed by atoms with Gasteiger partial charge in [-0.05, 0) is 61.8 Å². The molecule has 4 N–H and O–H groups in total. The van der Waals surface area contributed by atoms with Gasteiger partial charge in [0.05, 0.1) is 49.2 Å². The quantitative estimate of drug-likeness (QED) is 0.140. The average molecular weight is 763 g/mol. The number of alkyl carbamates (subject to hydrolysis) is 2. The number of nitrogens with zero attached hydrogens (tertiary/aromatic N) is 6. The van der Waals surface area contributed by atoms with E-state index in [1.165, 1.54) is 14.2 Å². The van der Waals surface area contributed by atoms with Crippen LogP contribution in [-0.4, -0.2) is 103 Å². The molecular formula is C40H46N10O6. The van der Waals surface area contributed by atoms with E-state index in [1.54, 1.807) is 35.3 Å². The Morgan fingerprint density at radius 3 is 1.98 bits per heavy atom. The van der Waals surface area contributed by atoms with Gasteiger partial charge in [-0.1, -0.05) is 44.2 Å². The van der Waals surface area contributed by atoms with Gasteiger partial charge in [0.25, 0.3) is 0 Å². The zero-order valence-corrected chi connectivity index (χ0v) is 32.0. The number of nitrogens with one attached hydrogen (secondary N) is 4. The molecule has 2 aromatic carbocycles. The smallest absolute Gasteiger partial charge is 0.407 e. The van der Waals surface area contributed by atoms with Gasteiger partial charge in [-0.3, -0.25) is 9.59 Å². The summed E-state index contributed by atoms with van der Waals surface area (Å²) in [4.78, 5) is 79.5. The first-order chi connectivity index (χ1) is 27.0. The predicted octanol–water partition coefficient (Wildman–Crippen LogP) is 5.53. The fraction of sp³-hybridized carbons (Fsp3) is 0.400. The van der Waals surface area contributed by atoms with Gasteiger partial charge in [0, 0.05) is 36.6 Å². The fourth-order valence-electron chi connectivity index (χ4n) is 7.50. The molecule has 3 aromatic heterocycles. The highest BCUT2D eigenvalue weighted by molar-refractivity contribution is 5.87. The molecule has 0 saturated carbocycles. The number of benzene rings is 2. The molecule has 2 fully saturated rings. The summed E-state index contributed by atoms with van der Waals surface area (Å²) in [5, 5.41) is 5.24. The third-order valence-electron chi connectivity index (χ3n) is 10.5. The summed E-state index contributed by atoms with van der Waals surface area (Å²) in [5.41, 5.74) is 5.98. The van der Waals surface area contributed by atoms with Gasteiger partial charge in [0.1, 0.15) is 23.7 Å². The van der Waals surface area contributed by atoms with Crippen LogP contribution in [0.3, 0.4) is 0 Å². The van der Waals surface area contributed by atoms with Crippen LogP contribution in [0.15, 0.2) is 61.1 Å². The Hall–Kier alpha value is -6.32. The van der Waals surface area contributed by atoms with Crippen molar-refractivity contribution in [3.05, 3.63) is 72.7 Å². The Labute approximate surface area is 323 Å². The van der Waals surface area contributed by atoms with Crippen LogP contribution in [0.2, 0.25) is 0 Å². The van der Waals surface area contributed by atoms with E-state index < -0.39 is 24.3 Å². The molecule has 5 aromatic rings. The molecule has 292 valence electrons. The third-order valence-corrected chi connectivity index (χ3v) is 10.5. The van der Waals surface area contributed by atoms with Gasteiger partial charge in [0.15, 0.2) is 5.82 Å². The van der Waals surface area contributed by atoms with Crippen molar-refractivity contribution in [3.63, 3.8) is 0 Å². The molecular weight excluding hydrogens is 717 g/mol. The highest BCUT2D eigenvalue weighted by Crippen LogP contribution is 2.35. The van der Waals surface area contributed by atoms with Gasteiger partial charge in [-0.15, -0.1) is 0 Å². The molecule has 2 saturated heterocycles. The number of amides is 4. The lowest BCUT2D eigenvalue weighted by atomic mass is 10.0. The Kier molecular flexibility index (Phi) is 11.0. The van der Waals surface area contributed by atoms with Crippen molar-refractivity contribution < 1.29 is 28.7 Å². The standard InChI is InChI=1S/C40H46N10O6/c1-22(2)33(48-40(54)56-5)38(52)50-17-6-8-31(50)35-43-21-30(47-35)24-10-12-25(13-11-24)34-41-19-27(20-42-34)26-14-15-28-29(18-26)46-36(45-28)32-9-7-16-49(32)37(51)23(3)44-39(53)55-4/h10-15,18-23,31-33H,6-9,16-17H2,1-5H3,(H,43,47)(H,44,53)(H,45,46)(H,48,54)/t23-,31?,32+,33+/m1/s1. The largest absolute Gasteiger partial charge is 0.453 e. The summed E-state index contributed by atoms with van der Waals surface area (Å²) in [6, 6.07) is 11.9. The summed E-state index contributed by atoms with van der Waals surface area (Å²) in [6.45, 7) is 6.60. The van der Waals surface area contributed by atoms with Crippen molar-refractivity contribution in [2.75, 3.05) is 27.3 Å². The monoisotopic (exact) mass is 762 g/mol. The van der Waals surface area contributed by atoms with E-state index in [1.807, 2.05) is 56.3 Å². The second kappa shape index (κ2) is 16.2. The first-order valence-corrected chi connectivity index (χ1v) is 18.8. The topological polar surface area (TPSA) is 200 Å². The maximum atomic E-state index is 13.5. The average Bonchev–Trinajstić information content (AvgIpc) is 4.05. The van der Waals surface area contributed by atoms with Crippen molar-refractivity contribution in [2.45, 2.75) is 70.6 Å². The fourth-order valence-corrected chi connectivity index (χ4v) is 7.50. The van der Waals surface area contributed by atoms with Crippen molar-refractivity contribution in [1.82, 2.24) is 50.3 Å². The van der Waals surface area contributed by atoms with Crippen LogP contribution in [0.1, 0.15) is 70.2 Å². The SMILES string of the molecule is COC(=O)N[C@H](C(=O)N1CCCC1c1ncc(-c2ccc(-c3ncc(-c4ccc5nc([C@@H]6CCCN6C(=O)[C@@H](C)NC(=O)OC)[nH]c5c4)cn3)cc2)[nH]1)C(C)C. The Balaban J connectivity index is 1.01. The molecule has 16 heteroatoms. The van der Waals surface area contributed by atoms with Gasteiger partial charge in [-0.2, -0.15) is 0 Å². The van der Waals surface area contributed by atoms with E-state index >= 15 is 0 Å². The number of hydrogen-bond acceptors (Lipinski definition) is 10. The summed E-state index contributed by atoms with van der Waals surface area (Å²) in [7, 11) is 2.55. The van der Waals surface area contributed by atoms with Crippen LogP contribution >= 0.6 is 0 Å². The number of aromatic amines is 2. The van der Waals surface area contributed by atoms with Gasteiger partial charge in [-0.25, -0.2) is 29.5 Å². The molecule has 7 rings (SSSR count). The van der Waals surface area contributed by atoms with Crippen LogP contribution in [-0.2, 0) is 19.1 Å². The Bertz CT molecular complexity index is 2220. The maximum Gasteiger partial charge on any atom is 0.407 e. The number of likely N-dealkylation sites (tertiary alicyclic amines) is 2. The normalized spacial score (nSPS) is 17.9. The molecule has 4 atom stereocenters. The molecule has 2 aliphatic rings. The summed E-state index contributed by atoms with van der Waals surface area (Å²) >= 11 is 0. The van der Waals surface area contributed by atoms with Crippen LogP contribution in [0.5, 0.6) is 0 Å². The lowest BCUT2D eigenvalue weighted by molar-refractivity contribution is -0.135. The number of hydrogen-bond donors (Lipinski definition) is 4. The van der Waals surface area contributed by atoms with E-state index in [-0.39, 0.29) is 29.8 Å². The number of ether oxygens (including phenoxy) is 2. The lowest BCUT2D eigenvalue weighted by Crippen LogP contribution is -2.51. The van der Waals surface area contributed by atoms with Gasteiger partial charge in [0.2, 0.25) is 11.8 Å². The third kappa shape index (κ3) is 7.76. The maximum absolute atomic E-state index is 13.5. The Morgan fingerprint density at radius 2 is 1.32 bits per heavy atom. The predicted molar refractivity (Wildman–Crippen MR) is 207 cm³/mol. The molecule has 1 unspecified atom stereocenters. The van der Waals surface area contributed by atoms with E-state index in [0.29, 0.717) is 30.6 Å². The molecule has 2 aliphatic heterocycles. The minimum atomic E-state index is -0.721. The van der Waals surface area contributed by atoms with Crippen LogP contribution in [0.4, 0.5) is 9.59 Å². The number of carbonyl (C=O) groups is 4. The van der Waals surface area contributed by atoms with Crippen molar-refractivity contribution in [1.29, 1.82) is 0 Å². The molecule has 4 amide bonds.